The van der Waals surface area contributed by atoms with Gasteiger partial charge in [-0.1, -0.05) is 19.1 Å². The van der Waals surface area contributed by atoms with Gasteiger partial charge in [-0.3, -0.25) is 0 Å². The Kier molecular flexibility index (Phi) is 2.62. The molecule has 84 valence electrons. The van der Waals surface area contributed by atoms with Gasteiger partial charge in [0.25, 0.3) is 0 Å². The van der Waals surface area contributed by atoms with Crippen molar-refractivity contribution in [1.82, 2.24) is 15.0 Å². The molecule has 1 aliphatic heterocycles. The lowest BCUT2D eigenvalue weighted by Crippen LogP contribution is -2.39. The Balaban J connectivity index is 1.87. The van der Waals surface area contributed by atoms with E-state index in [0.717, 1.165) is 0 Å². The molecule has 0 aliphatic carbocycles. The molecule has 1 saturated heterocycles. The van der Waals surface area contributed by atoms with Crippen molar-refractivity contribution in [2.24, 2.45) is 5.41 Å². The largest absolute Gasteiger partial charge is 0.381 e. The molecule has 0 spiro atoms. The molecular formula is C9H16N4O2. The van der Waals surface area contributed by atoms with Crippen LogP contribution < -0.4 is 5.73 Å². The Morgan fingerprint density at radius 3 is 2.73 bits per heavy atom. The SMILES string of the molecule is CC1(C)COC(Cn2cc(N)nn2)OC1. The minimum atomic E-state index is -0.251. The fourth-order valence-corrected chi connectivity index (χ4v) is 1.39. The topological polar surface area (TPSA) is 75.2 Å². The van der Waals surface area contributed by atoms with Gasteiger partial charge < -0.3 is 15.2 Å². The predicted octanol–water partition coefficient (Wildman–Crippen LogP) is 0.259. The highest BCUT2D eigenvalue weighted by Crippen LogP contribution is 2.23. The second kappa shape index (κ2) is 3.79. The second-order valence-electron chi connectivity index (χ2n) is 4.58. The maximum atomic E-state index is 5.55. The summed E-state index contributed by atoms with van der Waals surface area (Å²) in [6.07, 6.45) is 1.41. The lowest BCUT2D eigenvalue weighted by atomic mass is 9.96. The Bertz CT molecular complexity index is 327. The second-order valence-corrected chi connectivity index (χ2v) is 4.58. The van der Waals surface area contributed by atoms with E-state index in [2.05, 4.69) is 24.2 Å². The molecule has 2 heterocycles. The van der Waals surface area contributed by atoms with Gasteiger partial charge in [-0.2, -0.15) is 0 Å². The van der Waals surface area contributed by atoms with Crippen LogP contribution >= 0.6 is 0 Å². The molecule has 0 saturated carbocycles. The van der Waals surface area contributed by atoms with Gasteiger partial charge in [0.05, 0.1) is 26.0 Å². The van der Waals surface area contributed by atoms with Crippen LogP contribution in [0.3, 0.4) is 0 Å². The van der Waals surface area contributed by atoms with E-state index in [1.54, 1.807) is 10.9 Å². The maximum Gasteiger partial charge on any atom is 0.177 e. The van der Waals surface area contributed by atoms with Crippen LogP contribution in [0.1, 0.15) is 13.8 Å². The molecule has 15 heavy (non-hydrogen) atoms. The number of nitrogen functional groups attached to an aromatic ring is 1. The zero-order valence-electron chi connectivity index (χ0n) is 9.01. The molecule has 0 atom stereocenters. The lowest BCUT2D eigenvalue weighted by molar-refractivity contribution is -0.227. The summed E-state index contributed by atoms with van der Waals surface area (Å²) in [5.74, 6) is 0.408. The zero-order chi connectivity index (χ0) is 10.9. The number of hydrogen-bond donors (Lipinski definition) is 1. The van der Waals surface area contributed by atoms with E-state index >= 15 is 0 Å². The van der Waals surface area contributed by atoms with Gasteiger partial charge in [0.15, 0.2) is 12.1 Å². The molecule has 0 bridgehead atoms. The lowest BCUT2D eigenvalue weighted by Gasteiger charge is -2.34. The Hall–Kier alpha value is -1.14. The van der Waals surface area contributed by atoms with Crippen LogP contribution in [0.25, 0.3) is 0 Å². The van der Waals surface area contributed by atoms with Crippen LogP contribution in [-0.2, 0) is 16.0 Å². The van der Waals surface area contributed by atoms with Crippen LogP contribution in [0.2, 0.25) is 0 Å². The van der Waals surface area contributed by atoms with Gasteiger partial charge in [0.1, 0.15) is 0 Å². The van der Waals surface area contributed by atoms with E-state index in [1.807, 2.05) is 0 Å². The number of anilines is 1. The molecular weight excluding hydrogens is 196 g/mol. The smallest absolute Gasteiger partial charge is 0.177 e. The summed E-state index contributed by atoms with van der Waals surface area (Å²) in [6.45, 7) is 6.14. The molecule has 1 aromatic heterocycles. The quantitative estimate of drug-likeness (QED) is 0.761. The van der Waals surface area contributed by atoms with Crippen molar-refractivity contribution < 1.29 is 9.47 Å². The van der Waals surface area contributed by atoms with Crippen molar-refractivity contribution in [3.63, 3.8) is 0 Å². The van der Waals surface area contributed by atoms with Crippen molar-refractivity contribution in [2.75, 3.05) is 18.9 Å². The summed E-state index contributed by atoms with van der Waals surface area (Å²) in [5, 5.41) is 7.52. The standard InChI is InChI=1S/C9H16N4O2/c1-9(2)5-14-8(15-6-9)4-13-3-7(10)11-12-13/h3,8H,4-6,10H2,1-2H3. The Morgan fingerprint density at radius 1 is 1.53 bits per heavy atom. The number of rotatable bonds is 2. The highest BCUT2D eigenvalue weighted by Gasteiger charge is 2.28. The molecule has 0 aromatic carbocycles. The predicted molar refractivity (Wildman–Crippen MR) is 53.9 cm³/mol. The third kappa shape index (κ3) is 2.66. The third-order valence-electron chi connectivity index (χ3n) is 2.21. The number of nitrogens with zero attached hydrogens (tertiary/aromatic N) is 3. The summed E-state index contributed by atoms with van der Waals surface area (Å²) < 4.78 is 12.7. The van der Waals surface area contributed by atoms with E-state index in [-0.39, 0.29) is 11.7 Å². The molecule has 1 aliphatic rings. The van der Waals surface area contributed by atoms with Crippen molar-refractivity contribution in [3.8, 4) is 0 Å². The highest BCUT2D eigenvalue weighted by atomic mass is 16.7. The van der Waals surface area contributed by atoms with E-state index < -0.39 is 0 Å². The molecule has 2 rings (SSSR count). The molecule has 0 amide bonds. The first kappa shape index (κ1) is 10.4. The van der Waals surface area contributed by atoms with Crippen molar-refractivity contribution in [2.45, 2.75) is 26.7 Å². The summed E-state index contributed by atoms with van der Waals surface area (Å²) in [6, 6.07) is 0. The zero-order valence-corrected chi connectivity index (χ0v) is 9.01. The molecule has 6 nitrogen and oxygen atoms in total. The highest BCUT2D eigenvalue weighted by molar-refractivity contribution is 5.19. The summed E-state index contributed by atoms with van der Waals surface area (Å²) >= 11 is 0. The molecule has 0 unspecified atom stereocenters. The fraction of sp³-hybridized carbons (Fsp3) is 0.778. The van der Waals surface area contributed by atoms with Gasteiger partial charge in [0, 0.05) is 5.41 Å². The number of ether oxygens (including phenoxy) is 2. The Morgan fingerprint density at radius 2 is 2.20 bits per heavy atom. The van der Waals surface area contributed by atoms with Crippen molar-refractivity contribution in [3.05, 3.63) is 6.20 Å². The summed E-state index contributed by atoms with van der Waals surface area (Å²) in [4.78, 5) is 0. The first-order chi connectivity index (χ1) is 7.05. The van der Waals surface area contributed by atoms with E-state index in [9.17, 15) is 0 Å². The number of hydrogen-bond acceptors (Lipinski definition) is 5. The molecule has 6 heteroatoms. The van der Waals surface area contributed by atoms with Crippen LogP contribution in [-0.4, -0.2) is 34.5 Å². The fourth-order valence-electron chi connectivity index (χ4n) is 1.39. The monoisotopic (exact) mass is 212 g/mol. The van der Waals surface area contributed by atoms with Gasteiger partial charge in [-0.15, -0.1) is 5.10 Å². The minimum absolute atomic E-state index is 0.0951. The van der Waals surface area contributed by atoms with E-state index in [4.69, 9.17) is 15.2 Å². The first-order valence-corrected chi connectivity index (χ1v) is 4.94. The van der Waals surface area contributed by atoms with Crippen LogP contribution in [0.4, 0.5) is 5.82 Å². The van der Waals surface area contributed by atoms with Gasteiger partial charge >= 0.3 is 0 Å². The number of nitrogens with two attached hydrogens (primary N) is 1. The molecule has 1 fully saturated rings. The van der Waals surface area contributed by atoms with E-state index in [1.165, 1.54) is 0 Å². The third-order valence-corrected chi connectivity index (χ3v) is 2.21. The minimum Gasteiger partial charge on any atom is -0.381 e. The van der Waals surface area contributed by atoms with Crippen molar-refractivity contribution >= 4 is 5.82 Å². The van der Waals surface area contributed by atoms with Crippen LogP contribution in [0.5, 0.6) is 0 Å². The molecule has 0 radical (unpaired) electrons. The van der Waals surface area contributed by atoms with Crippen LogP contribution in [0.15, 0.2) is 6.20 Å². The average molecular weight is 212 g/mol. The van der Waals surface area contributed by atoms with Gasteiger partial charge in [-0.05, 0) is 0 Å². The Labute approximate surface area is 88.3 Å². The number of aromatic nitrogens is 3. The molecule has 1 aromatic rings. The maximum absolute atomic E-state index is 5.55. The first-order valence-electron chi connectivity index (χ1n) is 4.94. The summed E-state index contributed by atoms with van der Waals surface area (Å²) in [5.41, 5.74) is 5.55. The van der Waals surface area contributed by atoms with E-state index in [0.29, 0.717) is 25.6 Å². The van der Waals surface area contributed by atoms with Gasteiger partial charge in [-0.25, -0.2) is 4.68 Å². The summed E-state index contributed by atoms with van der Waals surface area (Å²) in [7, 11) is 0. The van der Waals surface area contributed by atoms with Crippen LogP contribution in [0, 0.1) is 5.41 Å². The van der Waals surface area contributed by atoms with Gasteiger partial charge in [0.2, 0.25) is 0 Å². The normalized spacial score (nSPS) is 21.7. The van der Waals surface area contributed by atoms with Crippen molar-refractivity contribution in [1.29, 1.82) is 0 Å². The average Bonchev–Trinajstić information content (AvgIpc) is 2.55. The molecule has 2 N–H and O–H groups in total.